The molecule has 1 N–H and O–H groups in total. The van der Waals surface area contributed by atoms with E-state index in [1.54, 1.807) is 30.2 Å². The molecule has 21 heavy (non-hydrogen) atoms. The van der Waals surface area contributed by atoms with Crippen molar-refractivity contribution in [3.05, 3.63) is 45.3 Å². The number of H-pyrrole nitrogens is 1. The number of nitrogens with one attached hydrogen (secondary N) is 1. The second-order valence-electron chi connectivity index (χ2n) is 4.48. The lowest BCUT2D eigenvalue weighted by Gasteiger charge is -2.01. The molecule has 0 amide bonds. The number of aromatic nitrogens is 4. The molecule has 0 bridgehead atoms. The van der Waals surface area contributed by atoms with Crippen LogP contribution in [0.4, 0.5) is 0 Å². The molecule has 3 heterocycles. The van der Waals surface area contributed by atoms with Crippen LogP contribution in [0.1, 0.15) is 21.1 Å². The summed E-state index contributed by atoms with van der Waals surface area (Å²) in [5, 5.41) is 0.440. The van der Waals surface area contributed by atoms with Gasteiger partial charge >= 0.3 is 5.97 Å². The summed E-state index contributed by atoms with van der Waals surface area (Å²) in [4.78, 5) is 35.9. The van der Waals surface area contributed by atoms with Crippen molar-refractivity contribution in [2.45, 2.75) is 13.5 Å². The van der Waals surface area contributed by atoms with E-state index in [1.165, 1.54) is 18.4 Å². The summed E-state index contributed by atoms with van der Waals surface area (Å²) < 4.78 is 6.52. The van der Waals surface area contributed by atoms with Crippen LogP contribution in [0.2, 0.25) is 0 Å². The number of thiophene rings is 1. The van der Waals surface area contributed by atoms with Gasteiger partial charge in [-0.15, -0.1) is 11.3 Å². The van der Waals surface area contributed by atoms with Crippen LogP contribution in [-0.2, 0) is 11.3 Å². The molecule has 0 aliphatic carbocycles. The van der Waals surface area contributed by atoms with Crippen molar-refractivity contribution in [1.29, 1.82) is 0 Å². The number of rotatable bonds is 3. The molecular formula is C13H12N4O3S. The van der Waals surface area contributed by atoms with Gasteiger partial charge in [-0.1, -0.05) is 0 Å². The molecule has 3 aromatic rings. The fourth-order valence-corrected chi connectivity index (χ4v) is 3.22. The van der Waals surface area contributed by atoms with Gasteiger partial charge < -0.3 is 14.3 Å². The number of esters is 1. The number of aryl methyl sites for hydroxylation is 1. The SMILES string of the molecule is COC(=O)c1sc2nc(Cn3ccnc3)[nH]c(=O)c2c1C. The van der Waals surface area contributed by atoms with Gasteiger partial charge in [0, 0.05) is 12.4 Å². The Bertz CT molecular complexity index is 864. The van der Waals surface area contributed by atoms with Crippen molar-refractivity contribution in [3.63, 3.8) is 0 Å². The number of fused-ring (bicyclic) bond motifs is 1. The third-order valence-electron chi connectivity index (χ3n) is 3.11. The van der Waals surface area contributed by atoms with Gasteiger partial charge in [0.1, 0.15) is 15.5 Å². The van der Waals surface area contributed by atoms with Gasteiger partial charge in [-0.25, -0.2) is 14.8 Å². The maximum absolute atomic E-state index is 12.2. The second-order valence-corrected chi connectivity index (χ2v) is 5.47. The molecule has 0 fully saturated rings. The minimum atomic E-state index is -0.453. The summed E-state index contributed by atoms with van der Waals surface area (Å²) in [6, 6.07) is 0. The molecule has 0 aromatic carbocycles. The van der Waals surface area contributed by atoms with E-state index in [1.807, 2.05) is 0 Å². The van der Waals surface area contributed by atoms with Crippen LogP contribution in [-0.4, -0.2) is 32.6 Å². The highest BCUT2D eigenvalue weighted by atomic mass is 32.1. The fourth-order valence-electron chi connectivity index (χ4n) is 2.10. The second kappa shape index (κ2) is 5.13. The standard InChI is InChI=1S/C13H12N4O3S/c1-7-9-11(18)15-8(5-17-4-3-14-6-17)16-12(9)21-10(7)13(19)20-2/h3-4,6H,5H2,1-2H3,(H,15,16,18). The number of hydrogen-bond acceptors (Lipinski definition) is 6. The van der Waals surface area contributed by atoms with Gasteiger partial charge in [-0.2, -0.15) is 0 Å². The van der Waals surface area contributed by atoms with Gasteiger partial charge in [-0.05, 0) is 12.5 Å². The van der Waals surface area contributed by atoms with Gasteiger partial charge in [0.15, 0.2) is 0 Å². The zero-order valence-electron chi connectivity index (χ0n) is 11.4. The molecule has 8 heteroatoms. The highest BCUT2D eigenvalue weighted by Gasteiger charge is 2.19. The Morgan fingerprint density at radius 1 is 1.52 bits per heavy atom. The number of ether oxygens (including phenoxy) is 1. The summed E-state index contributed by atoms with van der Waals surface area (Å²) in [5.74, 6) is 0.0641. The Kier molecular flexibility index (Phi) is 3.30. The number of carbonyl (C=O) groups is 1. The lowest BCUT2D eigenvalue weighted by Crippen LogP contribution is -2.13. The molecule has 108 valence electrons. The lowest BCUT2D eigenvalue weighted by molar-refractivity contribution is 0.0605. The zero-order chi connectivity index (χ0) is 15.0. The summed E-state index contributed by atoms with van der Waals surface area (Å²) in [6.45, 7) is 2.13. The minimum Gasteiger partial charge on any atom is -0.465 e. The fraction of sp³-hybridized carbons (Fsp3) is 0.231. The third kappa shape index (κ3) is 2.33. The number of carbonyl (C=O) groups excluding carboxylic acids is 1. The van der Waals surface area contributed by atoms with E-state index < -0.39 is 5.97 Å². The molecule has 3 aromatic heterocycles. The molecule has 0 saturated carbocycles. The highest BCUT2D eigenvalue weighted by molar-refractivity contribution is 7.20. The Hall–Kier alpha value is -2.48. The number of hydrogen-bond donors (Lipinski definition) is 1. The van der Waals surface area contributed by atoms with Crippen LogP contribution in [0.25, 0.3) is 10.2 Å². The van der Waals surface area contributed by atoms with Crippen molar-refractivity contribution in [1.82, 2.24) is 19.5 Å². The van der Waals surface area contributed by atoms with Crippen molar-refractivity contribution >= 4 is 27.5 Å². The van der Waals surface area contributed by atoms with E-state index in [9.17, 15) is 9.59 Å². The summed E-state index contributed by atoms with van der Waals surface area (Å²) >= 11 is 1.17. The number of aromatic amines is 1. The van der Waals surface area contributed by atoms with Crippen molar-refractivity contribution < 1.29 is 9.53 Å². The molecule has 3 rings (SSSR count). The van der Waals surface area contributed by atoms with Crippen LogP contribution in [0.5, 0.6) is 0 Å². The molecular weight excluding hydrogens is 292 g/mol. The van der Waals surface area contributed by atoms with Gasteiger partial charge in [-0.3, -0.25) is 4.79 Å². The van der Waals surface area contributed by atoms with Crippen LogP contribution in [0, 0.1) is 6.92 Å². The van der Waals surface area contributed by atoms with Gasteiger partial charge in [0.25, 0.3) is 5.56 Å². The van der Waals surface area contributed by atoms with Crippen molar-refractivity contribution in [3.8, 4) is 0 Å². The molecule has 0 spiro atoms. The first-order chi connectivity index (χ1) is 10.1. The molecule has 0 unspecified atom stereocenters. The summed E-state index contributed by atoms with van der Waals surface area (Å²) in [6.07, 6.45) is 5.08. The van der Waals surface area contributed by atoms with Crippen LogP contribution < -0.4 is 5.56 Å². The first-order valence-corrected chi connectivity index (χ1v) is 6.98. The zero-order valence-corrected chi connectivity index (χ0v) is 12.2. The van der Waals surface area contributed by atoms with Crippen LogP contribution in [0.3, 0.4) is 0 Å². The Morgan fingerprint density at radius 3 is 3.00 bits per heavy atom. The molecule has 7 nitrogen and oxygen atoms in total. The summed E-state index contributed by atoms with van der Waals surface area (Å²) in [5.41, 5.74) is 0.351. The first-order valence-electron chi connectivity index (χ1n) is 6.16. The Labute approximate surface area is 123 Å². The monoisotopic (exact) mass is 304 g/mol. The average molecular weight is 304 g/mol. The van der Waals surface area contributed by atoms with Crippen molar-refractivity contribution in [2.24, 2.45) is 0 Å². The summed E-state index contributed by atoms with van der Waals surface area (Å²) in [7, 11) is 1.31. The smallest absolute Gasteiger partial charge is 0.348 e. The van der Waals surface area contributed by atoms with E-state index in [-0.39, 0.29) is 5.56 Å². The molecule has 0 atom stereocenters. The maximum atomic E-state index is 12.2. The topological polar surface area (TPSA) is 89.9 Å². The number of imidazole rings is 1. The predicted molar refractivity (Wildman–Crippen MR) is 77.6 cm³/mol. The molecule has 0 radical (unpaired) electrons. The average Bonchev–Trinajstić information content (AvgIpc) is 3.06. The van der Waals surface area contributed by atoms with Gasteiger partial charge in [0.05, 0.1) is 25.4 Å². The van der Waals surface area contributed by atoms with Crippen molar-refractivity contribution in [2.75, 3.05) is 7.11 Å². The van der Waals surface area contributed by atoms with E-state index in [0.29, 0.717) is 33.0 Å². The quantitative estimate of drug-likeness (QED) is 0.737. The van der Waals surface area contributed by atoms with E-state index >= 15 is 0 Å². The molecule has 0 aliphatic rings. The Morgan fingerprint density at radius 2 is 2.33 bits per heavy atom. The maximum Gasteiger partial charge on any atom is 0.348 e. The third-order valence-corrected chi connectivity index (χ3v) is 4.28. The number of methoxy groups -OCH3 is 1. The minimum absolute atomic E-state index is 0.251. The van der Waals surface area contributed by atoms with Crippen LogP contribution >= 0.6 is 11.3 Å². The Balaban J connectivity index is 2.11. The predicted octanol–water partition coefficient (Wildman–Crippen LogP) is 1.32. The van der Waals surface area contributed by atoms with E-state index in [2.05, 4.69) is 15.0 Å². The van der Waals surface area contributed by atoms with Gasteiger partial charge in [0.2, 0.25) is 0 Å². The normalized spacial score (nSPS) is 11.0. The number of nitrogens with zero attached hydrogens (tertiary/aromatic N) is 3. The first kappa shape index (κ1) is 13.5. The lowest BCUT2D eigenvalue weighted by atomic mass is 10.2. The largest absolute Gasteiger partial charge is 0.465 e. The highest BCUT2D eigenvalue weighted by Crippen LogP contribution is 2.27. The van der Waals surface area contributed by atoms with E-state index in [4.69, 9.17) is 4.74 Å². The molecule has 0 aliphatic heterocycles. The van der Waals surface area contributed by atoms with Crippen LogP contribution in [0.15, 0.2) is 23.5 Å². The molecule has 0 saturated heterocycles. The van der Waals surface area contributed by atoms with E-state index in [0.717, 1.165) is 0 Å².